The van der Waals surface area contributed by atoms with Crippen LogP contribution in [0.2, 0.25) is 0 Å². The molecule has 4 heterocycles. The van der Waals surface area contributed by atoms with Gasteiger partial charge in [-0.25, -0.2) is 9.67 Å². The number of likely N-dealkylation sites (tertiary alicyclic amines) is 1. The fraction of sp³-hybridized carbons (Fsp3) is 0.600. The monoisotopic (exact) mass is 400 g/mol. The molecule has 0 amide bonds. The molecule has 7 nitrogen and oxygen atoms in total. The third kappa shape index (κ3) is 3.89. The Labute approximate surface area is 168 Å². The second-order valence-corrected chi connectivity index (χ2v) is 9.69. The summed E-state index contributed by atoms with van der Waals surface area (Å²) in [5.41, 5.74) is 2.19. The van der Waals surface area contributed by atoms with Gasteiger partial charge >= 0.3 is 0 Å². The summed E-state index contributed by atoms with van der Waals surface area (Å²) in [4.78, 5) is 25.1. The molecular weight excluding hydrogens is 372 g/mol. The molecule has 1 saturated heterocycles. The number of thiophene rings is 1. The number of nitrogens with zero attached hydrogens (tertiary/aromatic N) is 5. The number of rotatable bonds is 5. The van der Waals surface area contributed by atoms with Gasteiger partial charge < -0.3 is 4.98 Å². The largest absolute Gasteiger partial charge is 0.308 e. The standard InChI is InChI=1S/C20H28N6OS/c1-12(2)18-21-19-17(20(27)22-18)23-24-26(19)10-15-6-5-7-25(9-15)11-16-8-13(3)28-14(16)4/h8,12,15H,5-7,9-11H2,1-4H3,(H,21,22,27)/t15-/m0/s1. The van der Waals surface area contributed by atoms with Crippen LogP contribution >= 0.6 is 11.3 Å². The van der Waals surface area contributed by atoms with Crippen molar-refractivity contribution in [3.63, 3.8) is 0 Å². The number of piperidine rings is 1. The van der Waals surface area contributed by atoms with Crippen molar-refractivity contribution >= 4 is 22.5 Å². The third-order valence-electron chi connectivity index (χ3n) is 5.51. The average Bonchev–Trinajstić information content (AvgIpc) is 3.18. The van der Waals surface area contributed by atoms with Gasteiger partial charge in [-0.1, -0.05) is 19.1 Å². The summed E-state index contributed by atoms with van der Waals surface area (Å²) >= 11 is 1.88. The smallest absolute Gasteiger partial charge is 0.281 e. The number of aromatic amines is 1. The molecule has 1 fully saturated rings. The van der Waals surface area contributed by atoms with Crippen LogP contribution in [0.5, 0.6) is 0 Å². The highest BCUT2D eigenvalue weighted by Gasteiger charge is 2.23. The van der Waals surface area contributed by atoms with E-state index in [0.717, 1.165) is 26.2 Å². The topological polar surface area (TPSA) is 79.7 Å². The normalized spacial score (nSPS) is 18.4. The van der Waals surface area contributed by atoms with Crippen LogP contribution in [0.15, 0.2) is 10.9 Å². The Kier molecular flexibility index (Phi) is 5.33. The molecule has 0 unspecified atom stereocenters. The lowest BCUT2D eigenvalue weighted by molar-refractivity contribution is 0.153. The highest BCUT2D eigenvalue weighted by Crippen LogP contribution is 2.25. The summed E-state index contributed by atoms with van der Waals surface area (Å²) in [7, 11) is 0. The molecule has 1 N–H and O–H groups in total. The molecule has 1 aliphatic heterocycles. The summed E-state index contributed by atoms with van der Waals surface area (Å²) in [6.45, 7) is 12.4. The van der Waals surface area contributed by atoms with Crippen LogP contribution in [0, 0.1) is 19.8 Å². The molecule has 0 aliphatic carbocycles. The number of H-pyrrole nitrogens is 1. The molecule has 0 radical (unpaired) electrons. The van der Waals surface area contributed by atoms with Gasteiger partial charge in [-0.15, -0.1) is 16.4 Å². The van der Waals surface area contributed by atoms with Gasteiger partial charge in [0.1, 0.15) is 5.82 Å². The minimum atomic E-state index is -0.200. The van der Waals surface area contributed by atoms with Crippen LogP contribution in [0.1, 0.15) is 53.7 Å². The van der Waals surface area contributed by atoms with Crippen LogP contribution in [-0.4, -0.2) is 43.0 Å². The SMILES string of the molecule is Cc1cc(CN2CCC[C@H](Cn3nnc4c(=O)[nH]c(C(C)C)nc43)C2)c(C)s1. The predicted octanol–water partition coefficient (Wildman–Crippen LogP) is 3.23. The number of hydrogen-bond donors (Lipinski definition) is 1. The Bertz CT molecular complexity index is 1030. The van der Waals surface area contributed by atoms with Crippen molar-refractivity contribution in [2.24, 2.45) is 5.92 Å². The molecule has 0 saturated carbocycles. The molecule has 4 rings (SSSR count). The van der Waals surface area contributed by atoms with Crippen molar-refractivity contribution in [2.45, 2.75) is 59.5 Å². The van der Waals surface area contributed by atoms with E-state index in [2.05, 4.69) is 45.1 Å². The quantitative estimate of drug-likeness (QED) is 0.711. The second kappa shape index (κ2) is 7.75. The Morgan fingerprint density at radius 2 is 2.18 bits per heavy atom. The van der Waals surface area contributed by atoms with Gasteiger partial charge in [0.05, 0.1) is 0 Å². The van der Waals surface area contributed by atoms with Gasteiger partial charge in [0.25, 0.3) is 5.56 Å². The number of nitrogens with one attached hydrogen (secondary N) is 1. The van der Waals surface area contributed by atoms with Crippen molar-refractivity contribution in [1.82, 2.24) is 29.9 Å². The molecule has 28 heavy (non-hydrogen) atoms. The predicted molar refractivity (Wildman–Crippen MR) is 112 cm³/mol. The first-order chi connectivity index (χ1) is 13.4. The van der Waals surface area contributed by atoms with Crippen LogP contribution < -0.4 is 5.56 Å². The van der Waals surface area contributed by atoms with Crippen molar-refractivity contribution in [3.05, 3.63) is 37.6 Å². The number of hydrogen-bond acceptors (Lipinski definition) is 6. The fourth-order valence-corrected chi connectivity index (χ4v) is 4.99. The van der Waals surface area contributed by atoms with E-state index in [4.69, 9.17) is 0 Å². The van der Waals surface area contributed by atoms with Gasteiger partial charge in [0.2, 0.25) is 0 Å². The van der Waals surface area contributed by atoms with E-state index in [9.17, 15) is 4.79 Å². The molecule has 3 aromatic heterocycles. The van der Waals surface area contributed by atoms with Crippen LogP contribution in [0.25, 0.3) is 11.2 Å². The van der Waals surface area contributed by atoms with E-state index in [1.807, 2.05) is 29.9 Å². The van der Waals surface area contributed by atoms with Crippen molar-refractivity contribution in [3.8, 4) is 0 Å². The van der Waals surface area contributed by atoms with E-state index >= 15 is 0 Å². The first-order valence-electron chi connectivity index (χ1n) is 10.0. The minimum Gasteiger partial charge on any atom is -0.308 e. The Morgan fingerprint density at radius 1 is 1.36 bits per heavy atom. The molecule has 8 heteroatoms. The minimum absolute atomic E-state index is 0.155. The van der Waals surface area contributed by atoms with Gasteiger partial charge in [0.15, 0.2) is 11.2 Å². The molecular formula is C20H28N6OS. The zero-order valence-electron chi connectivity index (χ0n) is 17.0. The van der Waals surface area contributed by atoms with Crippen molar-refractivity contribution < 1.29 is 0 Å². The van der Waals surface area contributed by atoms with Crippen molar-refractivity contribution in [1.29, 1.82) is 0 Å². The van der Waals surface area contributed by atoms with Crippen LogP contribution in [0.4, 0.5) is 0 Å². The number of fused-ring (bicyclic) bond motifs is 1. The molecule has 0 spiro atoms. The van der Waals surface area contributed by atoms with Gasteiger partial charge in [-0.2, -0.15) is 0 Å². The molecule has 1 atom stereocenters. The van der Waals surface area contributed by atoms with E-state index < -0.39 is 0 Å². The average molecular weight is 401 g/mol. The van der Waals surface area contributed by atoms with Gasteiger partial charge in [-0.3, -0.25) is 9.69 Å². The first-order valence-corrected chi connectivity index (χ1v) is 10.8. The van der Waals surface area contributed by atoms with E-state index in [1.54, 1.807) is 0 Å². The summed E-state index contributed by atoms with van der Waals surface area (Å²) in [6.07, 6.45) is 2.35. The maximum atomic E-state index is 12.3. The third-order valence-corrected chi connectivity index (χ3v) is 6.52. The van der Waals surface area contributed by atoms with Gasteiger partial charge in [-0.05, 0) is 50.8 Å². The molecule has 150 valence electrons. The zero-order chi connectivity index (χ0) is 19.8. The highest BCUT2D eigenvalue weighted by atomic mass is 32.1. The lowest BCUT2D eigenvalue weighted by atomic mass is 9.97. The maximum absolute atomic E-state index is 12.3. The van der Waals surface area contributed by atoms with Crippen LogP contribution in [0.3, 0.4) is 0 Å². The summed E-state index contributed by atoms with van der Waals surface area (Å²) in [5.74, 6) is 1.33. The summed E-state index contributed by atoms with van der Waals surface area (Å²) in [6, 6.07) is 2.32. The van der Waals surface area contributed by atoms with Gasteiger partial charge in [0, 0.05) is 35.3 Å². The van der Waals surface area contributed by atoms with E-state index in [0.29, 0.717) is 22.9 Å². The van der Waals surface area contributed by atoms with E-state index in [1.165, 1.54) is 28.2 Å². The molecule has 0 bridgehead atoms. The van der Waals surface area contributed by atoms with Crippen molar-refractivity contribution in [2.75, 3.05) is 13.1 Å². The second-order valence-electron chi connectivity index (χ2n) is 8.23. The Balaban J connectivity index is 1.51. The molecule has 1 aliphatic rings. The molecule has 0 aromatic carbocycles. The fourth-order valence-electron chi connectivity index (χ4n) is 4.05. The first kappa shape index (κ1) is 19.3. The Hall–Kier alpha value is -2.06. The van der Waals surface area contributed by atoms with E-state index in [-0.39, 0.29) is 11.5 Å². The maximum Gasteiger partial charge on any atom is 0.281 e. The number of aryl methyl sites for hydroxylation is 2. The highest BCUT2D eigenvalue weighted by molar-refractivity contribution is 7.12. The summed E-state index contributed by atoms with van der Waals surface area (Å²) < 4.78 is 1.82. The molecule has 3 aromatic rings. The summed E-state index contributed by atoms with van der Waals surface area (Å²) in [5, 5.41) is 8.32. The zero-order valence-corrected chi connectivity index (χ0v) is 17.8. The van der Waals surface area contributed by atoms with Crippen LogP contribution in [-0.2, 0) is 13.1 Å². The lowest BCUT2D eigenvalue weighted by Gasteiger charge is -2.32. The number of aromatic nitrogens is 5. The lowest BCUT2D eigenvalue weighted by Crippen LogP contribution is -2.36. The Morgan fingerprint density at radius 3 is 2.89 bits per heavy atom.